The van der Waals surface area contributed by atoms with Crippen molar-refractivity contribution < 1.29 is 41.8 Å². The summed E-state index contributed by atoms with van der Waals surface area (Å²) in [7, 11) is -4.71. The normalized spacial score (nSPS) is 22.1. The number of hydrogen-bond acceptors (Lipinski definition) is 13. The van der Waals surface area contributed by atoms with Crippen molar-refractivity contribution in [1.29, 1.82) is 0 Å². The van der Waals surface area contributed by atoms with Gasteiger partial charge in [0.15, 0.2) is 0 Å². The lowest BCUT2D eigenvalue weighted by atomic mass is 9.60. The third-order valence-electron chi connectivity index (χ3n) is 14.4. The first kappa shape index (κ1) is 47.8. The van der Waals surface area contributed by atoms with Crippen LogP contribution in [0.4, 0.5) is 15.8 Å². The number of piperidine rings is 1. The first-order valence-electron chi connectivity index (χ1n) is 23.5. The number of aliphatic hydroxyl groups is 1. The van der Waals surface area contributed by atoms with Gasteiger partial charge in [-0.25, -0.2) is 22.5 Å². The molecule has 0 radical (unpaired) electrons. The predicted molar refractivity (Wildman–Crippen MR) is 258 cm³/mol. The van der Waals surface area contributed by atoms with Gasteiger partial charge < -0.3 is 34.5 Å². The smallest absolute Gasteiger partial charge is 0.288 e. The number of sulfonamides is 1. The van der Waals surface area contributed by atoms with Crippen molar-refractivity contribution in [3.05, 3.63) is 106 Å². The van der Waals surface area contributed by atoms with Gasteiger partial charge in [0.05, 0.1) is 45.2 Å². The van der Waals surface area contributed by atoms with Crippen LogP contribution in [-0.2, 0) is 14.8 Å². The van der Waals surface area contributed by atoms with Crippen LogP contribution in [-0.4, -0.2) is 84.1 Å². The summed E-state index contributed by atoms with van der Waals surface area (Å²) in [6.07, 6.45) is 9.24. The summed E-state index contributed by atoms with van der Waals surface area (Å²) in [5, 5.41) is 26.8. The highest BCUT2D eigenvalue weighted by atomic mass is 32.2. The molecule has 4 N–H and O–H groups in total. The molecule has 1 saturated heterocycles. The molecule has 2 aliphatic carbocycles. The molecule has 1 spiro atoms. The van der Waals surface area contributed by atoms with Crippen molar-refractivity contribution in [2.45, 2.75) is 118 Å². The van der Waals surface area contributed by atoms with Crippen molar-refractivity contribution in [3.63, 3.8) is 0 Å². The topological polar surface area (TPSA) is 198 Å². The number of amides is 1. The maximum Gasteiger partial charge on any atom is 0.288 e. The lowest BCUT2D eigenvalue weighted by molar-refractivity contribution is -0.388. The molecule has 0 unspecified atom stereocenters. The lowest BCUT2D eigenvalue weighted by Gasteiger charge is -2.53. The van der Waals surface area contributed by atoms with Crippen LogP contribution in [0.1, 0.15) is 113 Å². The van der Waals surface area contributed by atoms with Gasteiger partial charge in [-0.1, -0.05) is 38.1 Å². The number of hydrogen-bond donors (Lipinski definition) is 4. The quantitative estimate of drug-likeness (QED) is 0.0572. The SMILES string of the molecule is CCOC[C@@H](NC1CC2(CCN(c3ccc(C(=O)NS(=O)(=O)c4cc5c(c([N+](=O)[O-])c4)S[C@@H]([C@H]4CC[C@](C)(O)CC4)CO5)c(Oc4cnc5[nH]cc(F)c5c4)c3)CC2)C1)c1ccccc1C(C)C. The molecule has 2 atom stereocenters. The van der Waals surface area contributed by atoms with Crippen LogP contribution in [0.2, 0.25) is 0 Å². The van der Waals surface area contributed by atoms with Crippen LogP contribution in [0.15, 0.2) is 82.8 Å². The molecule has 68 heavy (non-hydrogen) atoms. The number of H-pyrrole nitrogens is 1. The molecule has 4 aliphatic rings. The Morgan fingerprint density at radius 3 is 2.53 bits per heavy atom. The van der Waals surface area contributed by atoms with Gasteiger partial charge >= 0.3 is 0 Å². The molecule has 3 aromatic carbocycles. The minimum absolute atomic E-state index is 0.00827. The van der Waals surface area contributed by atoms with Gasteiger partial charge in [0.1, 0.15) is 40.2 Å². The molecule has 362 valence electrons. The zero-order chi connectivity index (χ0) is 48.0. The number of aromatic nitrogens is 2. The van der Waals surface area contributed by atoms with E-state index in [9.17, 15) is 32.8 Å². The Morgan fingerprint density at radius 2 is 1.82 bits per heavy atom. The molecule has 2 saturated carbocycles. The zero-order valence-electron chi connectivity index (χ0n) is 38.8. The Bertz CT molecular complexity index is 2790. The number of carbonyl (C=O) groups is 1. The Balaban J connectivity index is 0.917. The number of benzene rings is 3. The lowest BCUT2D eigenvalue weighted by Crippen LogP contribution is -2.54. The molecule has 2 aliphatic heterocycles. The van der Waals surface area contributed by atoms with E-state index < -0.39 is 42.9 Å². The second-order valence-corrected chi connectivity index (χ2v) is 22.4. The van der Waals surface area contributed by atoms with E-state index in [4.69, 9.17) is 14.2 Å². The average molecular weight is 971 g/mol. The zero-order valence-corrected chi connectivity index (χ0v) is 40.4. The number of fused-ring (bicyclic) bond motifs is 2. The number of nitrogens with zero attached hydrogens (tertiary/aromatic N) is 3. The van der Waals surface area contributed by atoms with E-state index >= 15 is 0 Å². The average Bonchev–Trinajstić information content (AvgIpc) is 3.68. The van der Waals surface area contributed by atoms with Gasteiger partial charge in [-0.2, -0.15) is 0 Å². The number of nitrogens with one attached hydrogen (secondary N) is 3. The van der Waals surface area contributed by atoms with E-state index in [0.717, 1.165) is 63.4 Å². The first-order chi connectivity index (χ1) is 32.5. The number of nitro benzene ring substituents is 1. The van der Waals surface area contributed by atoms with Crippen molar-refractivity contribution in [1.82, 2.24) is 20.0 Å². The number of pyridine rings is 1. The fraction of sp³-hybridized carbons (Fsp3) is 0.480. The van der Waals surface area contributed by atoms with Crippen molar-refractivity contribution in [2.75, 3.05) is 37.8 Å². The Hall–Kier alpha value is -5.27. The fourth-order valence-corrected chi connectivity index (χ4v) is 12.9. The highest BCUT2D eigenvalue weighted by Crippen LogP contribution is 2.51. The fourth-order valence-electron chi connectivity index (χ4n) is 10.5. The molecule has 3 fully saturated rings. The summed E-state index contributed by atoms with van der Waals surface area (Å²) < 4.78 is 62.9. The number of nitro groups is 1. The predicted octanol–water partition coefficient (Wildman–Crippen LogP) is 9.56. The van der Waals surface area contributed by atoms with E-state index in [0.29, 0.717) is 43.7 Å². The molecule has 9 rings (SSSR count). The molecule has 15 nitrogen and oxygen atoms in total. The highest BCUT2D eigenvalue weighted by molar-refractivity contribution is 8.00. The van der Waals surface area contributed by atoms with E-state index in [2.05, 4.69) is 63.0 Å². The van der Waals surface area contributed by atoms with E-state index in [-0.39, 0.29) is 62.3 Å². The van der Waals surface area contributed by atoms with Gasteiger partial charge in [-0.3, -0.25) is 14.9 Å². The molecule has 2 aromatic heterocycles. The van der Waals surface area contributed by atoms with Gasteiger partial charge in [0, 0.05) is 61.1 Å². The number of carbonyl (C=O) groups excluding carboxylic acids is 1. The van der Waals surface area contributed by atoms with Crippen LogP contribution in [0, 0.1) is 27.3 Å². The summed E-state index contributed by atoms with van der Waals surface area (Å²) in [4.78, 5) is 34.8. The Kier molecular flexibility index (Phi) is 13.5. The second-order valence-electron chi connectivity index (χ2n) is 19.5. The van der Waals surface area contributed by atoms with Crippen LogP contribution in [0.3, 0.4) is 0 Å². The number of rotatable bonds is 15. The third-order valence-corrected chi connectivity index (χ3v) is 17.2. The number of halogens is 1. The minimum Gasteiger partial charge on any atom is -0.491 e. The van der Waals surface area contributed by atoms with E-state index in [1.165, 1.54) is 53.5 Å². The van der Waals surface area contributed by atoms with Gasteiger partial charge in [0.2, 0.25) is 0 Å². The number of ether oxygens (including phenoxy) is 3. The highest BCUT2D eigenvalue weighted by Gasteiger charge is 2.47. The summed E-state index contributed by atoms with van der Waals surface area (Å²) >= 11 is 1.29. The van der Waals surface area contributed by atoms with Crippen molar-refractivity contribution in [2.24, 2.45) is 11.3 Å². The van der Waals surface area contributed by atoms with Crippen LogP contribution < -0.4 is 24.4 Å². The molecular formula is C50H59FN6O9S2. The minimum atomic E-state index is -4.71. The molecule has 0 bridgehead atoms. The molecular weight excluding hydrogens is 912 g/mol. The largest absolute Gasteiger partial charge is 0.491 e. The summed E-state index contributed by atoms with van der Waals surface area (Å²) in [6, 6.07) is 17.5. The van der Waals surface area contributed by atoms with Crippen molar-refractivity contribution in [3.8, 4) is 17.2 Å². The van der Waals surface area contributed by atoms with Gasteiger partial charge in [-0.15, -0.1) is 11.8 Å². The third kappa shape index (κ3) is 10.1. The number of thioether (sulfide) groups is 1. The van der Waals surface area contributed by atoms with Gasteiger partial charge in [-0.05, 0) is 112 Å². The van der Waals surface area contributed by atoms with E-state index in [1.54, 1.807) is 12.1 Å². The Morgan fingerprint density at radius 1 is 1.09 bits per heavy atom. The van der Waals surface area contributed by atoms with Crippen molar-refractivity contribution >= 4 is 50.1 Å². The summed E-state index contributed by atoms with van der Waals surface area (Å²) in [6.45, 7) is 11.2. The Labute approximate surface area is 400 Å². The maximum atomic E-state index is 14.7. The van der Waals surface area contributed by atoms with Crippen LogP contribution in [0.5, 0.6) is 17.2 Å². The molecule has 5 aromatic rings. The van der Waals surface area contributed by atoms with E-state index in [1.807, 2.05) is 13.8 Å². The molecule has 1 amide bonds. The second kappa shape index (κ2) is 19.3. The van der Waals surface area contributed by atoms with Crippen LogP contribution in [0.25, 0.3) is 11.0 Å². The number of anilines is 1. The number of aromatic amines is 1. The monoisotopic (exact) mass is 970 g/mol. The first-order valence-corrected chi connectivity index (χ1v) is 25.9. The summed E-state index contributed by atoms with van der Waals surface area (Å²) in [5.41, 5.74) is 2.52. The summed E-state index contributed by atoms with van der Waals surface area (Å²) in [5.74, 6) is -0.869. The standard InChI is InChI=1S/C50H59FN6O9S2/c1-5-64-28-41(37-9-7-6-8-36(37)30(2)3)54-32-24-50(25-32)16-18-56(19-17-50)33-10-11-38(43(20-33)66-34-21-39-40(51)27-53-47(39)52-26-34)48(58)55-68(62,63)35-22-42(57(60)61)46-44(23-35)65-29-45(67-46)31-12-14-49(4,59)15-13-31/h6-11,20-23,26-27,30-32,41,45,54,59H,5,12-19,24-25,28-29H2,1-4H3,(H,52,53)(H,55,58)/t31-,41-,45-,49-/m1/s1. The maximum absolute atomic E-state index is 14.7. The van der Waals surface area contributed by atoms with Gasteiger partial charge in [0.25, 0.3) is 21.6 Å². The molecule has 18 heteroatoms. The molecule has 4 heterocycles. The van der Waals surface area contributed by atoms with Crippen LogP contribution >= 0.6 is 11.8 Å².